The van der Waals surface area contributed by atoms with E-state index in [1.54, 1.807) is 24.3 Å². The topological polar surface area (TPSA) is 67.4 Å². The van der Waals surface area contributed by atoms with Crippen molar-refractivity contribution in [1.29, 1.82) is 0 Å². The molecular weight excluding hydrogens is 340 g/mol. The minimum Gasteiger partial charge on any atom is -0.482 e. The van der Waals surface area contributed by atoms with Crippen molar-refractivity contribution in [3.63, 3.8) is 0 Å². The predicted octanol–water partition coefficient (Wildman–Crippen LogP) is 3.78. The third-order valence-corrected chi connectivity index (χ3v) is 4.81. The van der Waals surface area contributed by atoms with Crippen molar-refractivity contribution < 1.29 is 14.3 Å². The van der Waals surface area contributed by atoms with Gasteiger partial charge in [0.25, 0.3) is 5.91 Å². The zero-order valence-electron chi connectivity index (χ0n) is 15.9. The van der Waals surface area contributed by atoms with Crippen LogP contribution in [0.2, 0.25) is 0 Å². The van der Waals surface area contributed by atoms with Gasteiger partial charge in [-0.05, 0) is 61.4 Å². The van der Waals surface area contributed by atoms with E-state index in [9.17, 15) is 9.59 Å². The lowest BCUT2D eigenvalue weighted by Crippen LogP contribution is -2.31. The number of rotatable bonds is 6. The summed E-state index contributed by atoms with van der Waals surface area (Å²) in [7, 11) is 0. The van der Waals surface area contributed by atoms with E-state index in [1.165, 1.54) is 30.9 Å². The molecule has 1 atom stereocenters. The molecule has 2 aromatic carbocycles. The summed E-state index contributed by atoms with van der Waals surface area (Å²) in [6, 6.07) is 13.5. The molecule has 0 bridgehead atoms. The molecular formula is C22H26N2O3. The summed E-state index contributed by atoms with van der Waals surface area (Å²) in [5.74, 6) is 0.0960. The molecule has 3 rings (SSSR count). The molecule has 0 saturated carbocycles. The zero-order valence-corrected chi connectivity index (χ0v) is 15.9. The van der Waals surface area contributed by atoms with Gasteiger partial charge in [0.15, 0.2) is 6.61 Å². The molecule has 27 heavy (non-hydrogen) atoms. The predicted molar refractivity (Wildman–Crippen MR) is 106 cm³/mol. The van der Waals surface area contributed by atoms with Crippen molar-refractivity contribution >= 4 is 17.5 Å². The van der Waals surface area contributed by atoms with Gasteiger partial charge in [0.1, 0.15) is 5.75 Å². The Labute approximate surface area is 160 Å². The molecule has 2 amide bonds. The summed E-state index contributed by atoms with van der Waals surface area (Å²) < 4.78 is 5.60. The normalized spacial score (nSPS) is 14.0. The molecule has 0 fully saturated rings. The second-order valence-electron chi connectivity index (χ2n) is 6.99. The molecule has 1 unspecified atom stereocenters. The number of anilines is 1. The van der Waals surface area contributed by atoms with E-state index in [0.29, 0.717) is 11.4 Å². The van der Waals surface area contributed by atoms with Crippen LogP contribution in [0.15, 0.2) is 42.5 Å². The zero-order chi connectivity index (χ0) is 19.2. The lowest BCUT2D eigenvalue weighted by molar-refractivity contribution is -0.123. The average molecular weight is 366 g/mol. The average Bonchev–Trinajstić information content (AvgIpc) is 2.66. The van der Waals surface area contributed by atoms with Gasteiger partial charge in [0.05, 0.1) is 11.7 Å². The summed E-state index contributed by atoms with van der Waals surface area (Å²) in [6.07, 6.45) is 4.76. The highest BCUT2D eigenvalue weighted by Crippen LogP contribution is 2.25. The van der Waals surface area contributed by atoms with Crippen molar-refractivity contribution in [3.8, 4) is 5.75 Å². The van der Waals surface area contributed by atoms with Crippen molar-refractivity contribution in [2.45, 2.75) is 45.6 Å². The van der Waals surface area contributed by atoms with E-state index >= 15 is 0 Å². The molecule has 1 aliphatic carbocycles. The third-order valence-electron chi connectivity index (χ3n) is 4.81. The molecule has 0 spiro atoms. The highest BCUT2D eigenvalue weighted by molar-refractivity contribution is 5.90. The van der Waals surface area contributed by atoms with Crippen LogP contribution in [-0.4, -0.2) is 18.4 Å². The Hall–Kier alpha value is -2.82. The van der Waals surface area contributed by atoms with Gasteiger partial charge in [0.2, 0.25) is 5.91 Å². The van der Waals surface area contributed by atoms with Crippen LogP contribution in [-0.2, 0) is 22.4 Å². The van der Waals surface area contributed by atoms with E-state index in [2.05, 4.69) is 28.8 Å². The van der Waals surface area contributed by atoms with Crippen LogP contribution in [0.1, 0.15) is 49.4 Å². The van der Waals surface area contributed by atoms with Gasteiger partial charge >= 0.3 is 0 Å². The van der Waals surface area contributed by atoms with Gasteiger partial charge in [-0.15, -0.1) is 0 Å². The fourth-order valence-electron chi connectivity index (χ4n) is 3.42. The Kier molecular flexibility index (Phi) is 6.12. The fourth-order valence-corrected chi connectivity index (χ4v) is 3.42. The molecule has 2 N–H and O–H groups in total. The molecule has 5 nitrogen and oxygen atoms in total. The SMILES string of the molecule is CC(=O)Nc1ccccc1OCC(=O)NC(C)c1ccc2c(c1)CCCC2. The molecule has 142 valence electrons. The molecule has 0 aromatic heterocycles. The first kappa shape index (κ1) is 19.0. The number of aryl methyl sites for hydroxylation is 2. The Bertz CT molecular complexity index is 832. The van der Waals surface area contributed by atoms with Crippen molar-refractivity contribution in [1.82, 2.24) is 5.32 Å². The maximum Gasteiger partial charge on any atom is 0.258 e. The summed E-state index contributed by atoms with van der Waals surface area (Å²) in [4.78, 5) is 23.6. The van der Waals surface area contributed by atoms with E-state index in [1.807, 2.05) is 6.92 Å². The van der Waals surface area contributed by atoms with Gasteiger partial charge in [-0.3, -0.25) is 9.59 Å². The van der Waals surface area contributed by atoms with Crippen LogP contribution < -0.4 is 15.4 Å². The van der Waals surface area contributed by atoms with E-state index in [0.717, 1.165) is 18.4 Å². The first-order valence-corrected chi connectivity index (χ1v) is 9.43. The molecule has 5 heteroatoms. The number of ether oxygens (including phenoxy) is 1. The van der Waals surface area contributed by atoms with Gasteiger partial charge in [0, 0.05) is 6.92 Å². The second-order valence-corrected chi connectivity index (χ2v) is 6.99. The standard InChI is InChI=1S/C22H26N2O3/c1-15(18-12-11-17-7-3-4-8-19(17)13-18)23-22(26)14-27-21-10-6-5-9-20(21)24-16(2)25/h5-6,9-13,15H,3-4,7-8,14H2,1-2H3,(H,23,26)(H,24,25). The summed E-state index contributed by atoms with van der Waals surface area (Å²) in [5, 5.41) is 5.68. The number of hydrogen-bond donors (Lipinski definition) is 2. The summed E-state index contributed by atoms with van der Waals surface area (Å²) in [5.41, 5.74) is 4.50. The number of amides is 2. The monoisotopic (exact) mass is 366 g/mol. The summed E-state index contributed by atoms with van der Waals surface area (Å²) in [6.45, 7) is 3.31. The lowest BCUT2D eigenvalue weighted by Gasteiger charge is -2.20. The first-order valence-electron chi connectivity index (χ1n) is 9.43. The number of fused-ring (bicyclic) bond motifs is 1. The smallest absolute Gasteiger partial charge is 0.258 e. The maximum absolute atomic E-state index is 12.3. The van der Waals surface area contributed by atoms with Crippen molar-refractivity contribution in [3.05, 3.63) is 59.2 Å². The van der Waals surface area contributed by atoms with Crippen LogP contribution in [0.5, 0.6) is 5.75 Å². The van der Waals surface area contributed by atoms with Crippen molar-refractivity contribution in [2.75, 3.05) is 11.9 Å². The van der Waals surface area contributed by atoms with Crippen LogP contribution >= 0.6 is 0 Å². The molecule has 0 saturated heterocycles. The van der Waals surface area contributed by atoms with Crippen LogP contribution in [0.3, 0.4) is 0 Å². The molecule has 1 aliphatic rings. The third kappa shape index (κ3) is 5.09. The largest absolute Gasteiger partial charge is 0.482 e. The Morgan fingerprint density at radius 3 is 2.59 bits per heavy atom. The van der Waals surface area contributed by atoms with Crippen LogP contribution in [0.4, 0.5) is 5.69 Å². The highest BCUT2D eigenvalue weighted by Gasteiger charge is 2.15. The number of nitrogens with one attached hydrogen (secondary N) is 2. The minimum absolute atomic E-state index is 0.0843. The van der Waals surface area contributed by atoms with Gasteiger partial charge in [-0.1, -0.05) is 30.3 Å². The summed E-state index contributed by atoms with van der Waals surface area (Å²) >= 11 is 0. The maximum atomic E-state index is 12.3. The molecule has 0 aliphatic heterocycles. The lowest BCUT2D eigenvalue weighted by atomic mass is 9.89. The van der Waals surface area contributed by atoms with Crippen molar-refractivity contribution in [2.24, 2.45) is 0 Å². The number of hydrogen-bond acceptors (Lipinski definition) is 3. The Morgan fingerprint density at radius 2 is 1.81 bits per heavy atom. The van der Waals surface area contributed by atoms with Crippen LogP contribution in [0.25, 0.3) is 0 Å². The van der Waals surface area contributed by atoms with E-state index in [4.69, 9.17) is 4.74 Å². The molecule has 2 aromatic rings. The Morgan fingerprint density at radius 1 is 1.07 bits per heavy atom. The fraction of sp³-hybridized carbons (Fsp3) is 0.364. The number of carbonyl (C=O) groups is 2. The minimum atomic E-state index is -0.196. The quantitative estimate of drug-likeness (QED) is 0.817. The van der Waals surface area contributed by atoms with Gasteiger partial charge in [-0.25, -0.2) is 0 Å². The molecule has 0 radical (unpaired) electrons. The number of para-hydroxylation sites is 2. The molecule has 0 heterocycles. The van der Waals surface area contributed by atoms with Gasteiger partial charge in [-0.2, -0.15) is 0 Å². The highest BCUT2D eigenvalue weighted by atomic mass is 16.5. The van der Waals surface area contributed by atoms with Gasteiger partial charge < -0.3 is 15.4 Å². The van der Waals surface area contributed by atoms with Crippen LogP contribution in [0, 0.1) is 0 Å². The van der Waals surface area contributed by atoms with E-state index in [-0.39, 0.29) is 24.5 Å². The number of benzene rings is 2. The number of carbonyl (C=O) groups excluding carboxylic acids is 2. The van der Waals surface area contributed by atoms with E-state index < -0.39 is 0 Å². The second kappa shape index (κ2) is 8.71. The Balaban J connectivity index is 1.57. The first-order chi connectivity index (χ1) is 13.0.